The molecule has 1 aliphatic rings. The van der Waals surface area contributed by atoms with Crippen LogP contribution in [0.4, 0.5) is 5.82 Å². The second-order valence-corrected chi connectivity index (χ2v) is 10.2. The lowest BCUT2D eigenvalue weighted by Crippen LogP contribution is -2.49. The van der Waals surface area contributed by atoms with Crippen LogP contribution in [0.1, 0.15) is 0 Å². The van der Waals surface area contributed by atoms with Gasteiger partial charge in [-0.25, -0.2) is 18.5 Å². The number of nitrogens with two attached hydrogens (primary N) is 1. The maximum Gasteiger partial charge on any atom is 0.490 e. The van der Waals surface area contributed by atoms with Gasteiger partial charge in [0.05, 0.1) is 6.61 Å². The topological polar surface area (TPSA) is 294 Å². The highest BCUT2D eigenvalue weighted by molar-refractivity contribution is 7.66. The second-order valence-electron chi connectivity index (χ2n) is 5.79. The molecule has 18 nitrogen and oxygen atoms in total. The molecule has 0 radical (unpaired) electrons. The van der Waals surface area contributed by atoms with E-state index in [1.165, 1.54) is 6.07 Å². The van der Waals surface area contributed by atoms with Crippen molar-refractivity contribution in [3.8, 4) is 6.07 Å². The lowest BCUT2D eigenvalue weighted by molar-refractivity contribution is -0.108. The molecule has 2 unspecified atom stereocenters. The van der Waals surface area contributed by atoms with E-state index in [0.29, 0.717) is 4.57 Å². The molecule has 8 N–H and O–H groups in total. The minimum absolute atomic E-state index is 0.230. The van der Waals surface area contributed by atoms with Crippen LogP contribution in [0.15, 0.2) is 17.1 Å². The number of rotatable bonds is 8. The number of phosphoric acid groups is 3. The number of anilines is 1. The van der Waals surface area contributed by atoms with E-state index >= 15 is 0 Å². The van der Waals surface area contributed by atoms with Crippen LogP contribution in [0.25, 0.3) is 0 Å². The third kappa shape index (κ3) is 6.04. The number of aliphatic hydroxyl groups excluding tert-OH is 2. The standard InChI is InChI=1S/C10H15N4O14P3/c11-4-10(14-2-1-6(12)13-9(14)17)8(16)7(15)5(26-10)3-25-30(21,22)28-31(23,24)27-29(18,19)20/h1-2,5,7-8,15-16H,3H2,(H,21,22)(H,23,24)(H2,12,13,17)(H2,18,19,20)/t5-,7-,8-,10-/m1/s1. The Labute approximate surface area is 171 Å². The number of hydrogen-bond donors (Lipinski definition) is 7. The molecule has 1 saturated heterocycles. The van der Waals surface area contributed by atoms with Crippen LogP contribution in [0.5, 0.6) is 0 Å². The van der Waals surface area contributed by atoms with E-state index in [2.05, 4.69) is 18.1 Å². The van der Waals surface area contributed by atoms with Crippen LogP contribution in [0.2, 0.25) is 0 Å². The summed E-state index contributed by atoms with van der Waals surface area (Å²) < 4.78 is 50.6. The summed E-state index contributed by atoms with van der Waals surface area (Å²) in [4.78, 5) is 50.8. The van der Waals surface area contributed by atoms with Crippen molar-refractivity contribution in [2.45, 2.75) is 24.0 Å². The number of phosphoric ester groups is 1. The first-order valence-corrected chi connectivity index (χ1v) is 12.1. The van der Waals surface area contributed by atoms with Crippen LogP contribution in [0, 0.1) is 11.3 Å². The number of nitrogen functional groups attached to an aromatic ring is 1. The zero-order valence-corrected chi connectivity index (χ0v) is 17.5. The smallest absolute Gasteiger partial charge is 0.387 e. The molecule has 0 aliphatic carbocycles. The largest absolute Gasteiger partial charge is 0.490 e. The second kappa shape index (κ2) is 8.77. The van der Waals surface area contributed by atoms with E-state index in [-0.39, 0.29) is 5.82 Å². The minimum Gasteiger partial charge on any atom is -0.387 e. The van der Waals surface area contributed by atoms with Crippen molar-refractivity contribution >= 4 is 29.3 Å². The SMILES string of the molecule is N#C[C@@]1(n2ccc(N)nc2=O)O[C@H](COP(=O)(O)OP(=O)(O)OP(=O)(O)O)[C@@H](O)[C@H]1O. The molecule has 1 fully saturated rings. The van der Waals surface area contributed by atoms with Gasteiger partial charge >= 0.3 is 29.2 Å². The monoisotopic (exact) mass is 508 g/mol. The highest BCUT2D eigenvalue weighted by Gasteiger charge is 2.57. The Bertz CT molecular complexity index is 1080. The molecule has 1 aromatic rings. The molecule has 21 heteroatoms. The number of nitrogens with zero attached hydrogens (tertiary/aromatic N) is 3. The molecule has 2 heterocycles. The summed E-state index contributed by atoms with van der Waals surface area (Å²) in [5, 5.41) is 29.8. The van der Waals surface area contributed by atoms with Crippen molar-refractivity contribution in [3.05, 3.63) is 22.7 Å². The average Bonchev–Trinajstić information content (AvgIpc) is 2.82. The first-order valence-electron chi connectivity index (χ1n) is 7.61. The number of aromatic nitrogens is 2. The van der Waals surface area contributed by atoms with Crippen LogP contribution in [0.3, 0.4) is 0 Å². The van der Waals surface area contributed by atoms with Crippen molar-refractivity contribution in [2.24, 2.45) is 0 Å². The van der Waals surface area contributed by atoms with Crippen LogP contribution in [-0.2, 0) is 37.3 Å². The molecular formula is C10H15N4O14P3. The molecule has 0 saturated carbocycles. The Morgan fingerprint density at radius 3 is 2.35 bits per heavy atom. The predicted octanol–water partition coefficient (Wildman–Crippen LogP) is -2.53. The summed E-state index contributed by atoms with van der Waals surface area (Å²) in [5.74, 6) is -0.230. The van der Waals surface area contributed by atoms with E-state index < -0.39 is 59.8 Å². The fourth-order valence-electron chi connectivity index (χ4n) is 2.42. The summed E-state index contributed by atoms with van der Waals surface area (Å²) in [6, 6.07) is 2.54. The van der Waals surface area contributed by atoms with Crippen molar-refractivity contribution in [1.29, 1.82) is 5.26 Å². The highest BCUT2D eigenvalue weighted by Crippen LogP contribution is 2.66. The molecule has 0 aromatic carbocycles. The Hall–Kier alpha value is -1.54. The highest BCUT2D eigenvalue weighted by atomic mass is 31.3. The third-order valence-corrected chi connectivity index (χ3v) is 7.40. The van der Waals surface area contributed by atoms with Crippen molar-refractivity contribution in [2.75, 3.05) is 12.3 Å². The van der Waals surface area contributed by atoms with Gasteiger partial charge in [-0.1, -0.05) is 0 Å². The number of hydrogen-bond acceptors (Lipinski definition) is 13. The van der Waals surface area contributed by atoms with E-state index in [1.54, 1.807) is 0 Å². The van der Waals surface area contributed by atoms with E-state index in [0.717, 1.165) is 12.3 Å². The number of aliphatic hydroxyl groups is 2. The van der Waals surface area contributed by atoms with Gasteiger partial charge in [-0.15, -0.1) is 0 Å². The van der Waals surface area contributed by atoms with Gasteiger partial charge in [0.1, 0.15) is 30.2 Å². The quantitative estimate of drug-likeness (QED) is 0.178. The van der Waals surface area contributed by atoms with Gasteiger partial charge in [0.15, 0.2) is 0 Å². The van der Waals surface area contributed by atoms with Gasteiger partial charge in [-0.3, -0.25) is 9.09 Å². The third-order valence-electron chi connectivity index (χ3n) is 3.60. The summed E-state index contributed by atoms with van der Waals surface area (Å²) in [7, 11) is -17.0. The maximum absolute atomic E-state index is 12.0. The van der Waals surface area contributed by atoms with Gasteiger partial charge in [0.2, 0.25) is 0 Å². The van der Waals surface area contributed by atoms with E-state index in [1.807, 2.05) is 0 Å². The molecule has 6 atom stereocenters. The van der Waals surface area contributed by atoms with Crippen molar-refractivity contribution < 1.29 is 61.4 Å². The summed E-state index contributed by atoms with van der Waals surface area (Å²) >= 11 is 0. The minimum atomic E-state index is -5.79. The first-order chi connectivity index (χ1) is 14.0. The Balaban J connectivity index is 2.19. The zero-order valence-electron chi connectivity index (χ0n) is 14.8. The van der Waals surface area contributed by atoms with Gasteiger partial charge < -0.3 is 40.3 Å². The summed E-state index contributed by atoms with van der Waals surface area (Å²) in [6.07, 6.45) is -4.98. The summed E-state index contributed by atoms with van der Waals surface area (Å²) in [6.45, 7) is -1.18. The van der Waals surface area contributed by atoms with Crippen molar-refractivity contribution in [1.82, 2.24) is 9.55 Å². The maximum atomic E-state index is 12.0. The molecule has 0 spiro atoms. The first kappa shape index (κ1) is 25.7. The Kier molecular flexibility index (Phi) is 7.28. The summed E-state index contributed by atoms with van der Waals surface area (Å²) in [5.41, 5.74) is 1.61. The molecule has 0 bridgehead atoms. The Morgan fingerprint density at radius 1 is 1.23 bits per heavy atom. The molecule has 31 heavy (non-hydrogen) atoms. The lowest BCUT2D eigenvalue weighted by Gasteiger charge is -2.26. The molecular weight excluding hydrogens is 493 g/mol. The molecule has 174 valence electrons. The zero-order chi connectivity index (χ0) is 23.8. The van der Waals surface area contributed by atoms with Gasteiger partial charge in [0.25, 0.3) is 5.72 Å². The van der Waals surface area contributed by atoms with Gasteiger partial charge in [-0.2, -0.15) is 18.9 Å². The van der Waals surface area contributed by atoms with Crippen LogP contribution < -0.4 is 11.4 Å². The fraction of sp³-hybridized carbons (Fsp3) is 0.500. The lowest BCUT2D eigenvalue weighted by atomic mass is 10.0. The number of nitriles is 1. The van der Waals surface area contributed by atoms with Gasteiger partial charge in [-0.05, 0) is 6.07 Å². The average molecular weight is 508 g/mol. The van der Waals surface area contributed by atoms with Crippen LogP contribution in [-0.4, -0.2) is 64.3 Å². The Morgan fingerprint density at radius 2 is 1.84 bits per heavy atom. The molecule has 1 aliphatic heterocycles. The molecule has 1 aromatic heterocycles. The van der Waals surface area contributed by atoms with E-state index in [4.69, 9.17) is 25.2 Å². The van der Waals surface area contributed by atoms with Gasteiger partial charge in [0, 0.05) is 6.20 Å². The fourth-order valence-corrected chi connectivity index (χ4v) is 5.45. The number of ether oxygens (including phenoxy) is 1. The van der Waals surface area contributed by atoms with E-state index in [9.17, 15) is 38.9 Å². The molecule has 2 rings (SSSR count). The van der Waals surface area contributed by atoms with Crippen LogP contribution >= 0.6 is 23.5 Å². The normalized spacial score (nSPS) is 30.3. The molecule has 0 amide bonds. The van der Waals surface area contributed by atoms with Crippen molar-refractivity contribution in [3.63, 3.8) is 0 Å². The predicted molar refractivity (Wildman–Crippen MR) is 93.2 cm³/mol.